The number of amides is 2. The molecule has 0 saturated heterocycles. The van der Waals surface area contributed by atoms with Crippen molar-refractivity contribution in [2.45, 2.75) is 30.7 Å². The summed E-state index contributed by atoms with van der Waals surface area (Å²) in [6, 6.07) is 15.8. The summed E-state index contributed by atoms with van der Waals surface area (Å²) in [5.41, 5.74) is 1.45. The summed E-state index contributed by atoms with van der Waals surface area (Å²) in [5.74, 6) is 0. The number of benzene rings is 2. The van der Waals surface area contributed by atoms with Gasteiger partial charge in [0.2, 0.25) is 10.0 Å². The average Bonchev–Trinajstić information content (AvgIpc) is 2.55. The molecule has 0 aliphatic rings. The zero-order valence-electron chi connectivity index (χ0n) is 14.3. The van der Waals surface area contributed by atoms with E-state index in [0.717, 1.165) is 11.1 Å². The molecule has 4 N–H and O–H groups in total. The maximum atomic E-state index is 12.1. The van der Waals surface area contributed by atoms with Gasteiger partial charge in [0.05, 0.1) is 10.4 Å². The van der Waals surface area contributed by atoms with Gasteiger partial charge in [-0.25, -0.2) is 18.4 Å². The van der Waals surface area contributed by atoms with Crippen LogP contribution in [0, 0.1) is 0 Å². The van der Waals surface area contributed by atoms with Gasteiger partial charge < -0.3 is 10.6 Å². The number of hydrogen-bond donors (Lipinski definition) is 3. The van der Waals surface area contributed by atoms with E-state index in [1.54, 1.807) is 12.1 Å². The molecule has 2 rings (SSSR count). The van der Waals surface area contributed by atoms with E-state index in [1.165, 1.54) is 12.1 Å². The normalized spacial score (nSPS) is 11.8. The van der Waals surface area contributed by atoms with E-state index < -0.39 is 15.6 Å². The first-order valence-electron chi connectivity index (χ1n) is 7.92. The topological polar surface area (TPSA) is 101 Å². The molecule has 0 heterocycles. The SMILES string of the molecule is CC(C)(NC(=O)NCCc1ccc(S(N)(=O)=O)cc1)c1ccccc1. The molecule has 0 aliphatic carbocycles. The number of primary sulfonamides is 1. The lowest BCUT2D eigenvalue weighted by atomic mass is 9.95. The van der Waals surface area contributed by atoms with Crippen LogP contribution in [-0.2, 0) is 22.0 Å². The summed E-state index contributed by atoms with van der Waals surface area (Å²) < 4.78 is 22.4. The molecule has 0 aromatic heterocycles. The van der Waals surface area contributed by atoms with Crippen LogP contribution in [0.3, 0.4) is 0 Å². The van der Waals surface area contributed by atoms with Crippen molar-refractivity contribution in [2.75, 3.05) is 6.54 Å². The largest absolute Gasteiger partial charge is 0.338 e. The number of nitrogens with two attached hydrogens (primary N) is 1. The lowest BCUT2D eigenvalue weighted by Gasteiger charge is -2.27. The molecule has 0 aliphatic heterocycles. The Morgan fingerprint density at radius 2 is 1.64 bits per heavy atom. The van der Waals surface area contributed by atoms with E-state index in [1.807, 2.05) is 44.2 Å². The Bertz CT molecular complexity index is 816. The lowest BCUT2D eigenvalue weighted by molar-refractivity contribution is 0.230. The van der Waals surface area contributed by atoms with Crippen LogP contribution in [0.5, 0.6) is 0 Å². The lowest BCUT2D eigenvalue weighted by Crippen LogP contribution is -2.46. The number of nitrogens with one attached hydrogen (secondary N) is 2. The summed E-state index contributed by atoms with van der Waals surface area (Å²) in [7, 11) is -3.68. The number of rotatable bonds is 6. The second kappa shape index (κ2) is 7.67. The molecule has 0 atom stereocenters. The van der Waals surface area contributed by atoms with Crippen molar-refractivity contribution in [3.05, 3.63) is 65.7 Å². The van der Waals surface area contributed by atoms with Gasteiger partial charge in [0, 0.05) is 6.54 Å². The van der Waals surface area contributed by atoms with Crippen LogP contribution in [0.4, 0.5) is 4.79 Å². The molecular formula is C18H23N3O3S. The van der Waals surface area contributed by atoms with Crippen molar-refractivity contribution < 1.29 is 13.2 Å². The van der Waals surface area contributed by atoms with Crippen molar-refractivity contribution >= 4 is 16.1 Å². The van der Waals surface area contributed by atoms with E-state index >= 15 is 0 Å². The molecule has 2 aromatic carbocycles. The van der Waals surface area contributed by atoms with Crippen molar-refractivity contribution in [3.63, 3.8) is 0 Å². The summed E-state index contributed by atoms with van der Waals surface area (Å²) in [6.07, 6.45) is 0.587. The number of carbonyl (C=O) groups is 1. The quantitative estimate of drug-likeness (QED) is 0.734. The standard InChI is InChI=1S/C18H23N3O3S/c1-18(2,15-6-4-3-5-7-15)21-17(22)20-13-12-14-8-10-16(11-9-14)25(19,23)24/h3-11H,12-13H2,1-2H3,(H2,19,23,24)(H2,20,21,22). The summed E-state index contributed by atoms with van der Waals surface area (Å²) in [5, 5.41) is 10.8. The molecule has 134 valence electrons. The molecular weight excluding hydrogens is 338 g/mol. The molecule has 6 nitrogen and oxygen atoms in total. The Hall–Kier alpha value is -2.38. The van der Waals surface area contributed by atoms with E-state index in [0.29, 0.717) is 13.0 Å². The van der Waals surface area contributed by atoms with Crippen LogP contribution >= 0.6 is 0 Å². The van der Waals surface area contributed by atoms with Crippen molar-refractivity contribution in [1.82, 2.24) is 10.6 Å². The van der Waals surface area contributed by atoms with Crippen molar-refractivity contribution in [3.8, 4) is 0 Å². The van der Waals surface area contributed by atoms with E-state index in [-0.39, 0.29) is 10.9 Å². The van der Waals surface area contributed by atoms with Crippen LogP contribution < -0.4 is 15.8 Å². The fourth-order valence-corrected chi connectivity index (χ4v) is 2.94. The number of sulfonamides is 1. The molecule has 0 unspecified atom stereocenters. The molecule has 0 bridgehead atoms. The number of hydrogen-bond acceptors (Lipinski definition) is 3. The predicted octanol–water partition coefficient (Wildman–Crippen LogP) is 2.11. The molecule has 2 amide bonds. The minimum Gasteiger partial charge on any atom is -0.338 e. The van der Waals surface area contributed by atoms with Gasteiger partial charge in [0.15, 0.2) is 0 Å². The fourth-order valence-electron chi connectivity index (χ4n) is 2.42. The Morgan fingerprint density at radius 3 is 2.20 bits per heavy atom. The smallest absolute Gasteiger partial charge is 0.315 e. The first kappa shape index (κ1) is 19.0. The Labute approximate surface area is 148 Å². The van der Waals surface area contributed by atoms with E-state index in [4.69, 9.17) is 5.14 Å². The van der Waals surface area contributed by atoms with Gasteiger partial charge in [0.25, 0.3) is 0 Å². The summed E-state index contributed by atoms with van der Waals surface area (Å²) >= 11 is 0. The van der Waals surface area contributed by atoms with Gasteiger partial charge in [0.1, 0.15) is 0 Å². The van der Waals surface area contributed by atoms with Crippen LogP contribution in [-0.4, -0.2) is 21.0 Å². The molecule has 0 fully saturated rings. The zero-order valence-corrected chi connectivity index (χ0v) is 15.1. The fraction of sp³-hybridized carbons (Fsp3) is 0.278. The van der Waals surface area contributed by atoms with Gasteiger partial charge >= 0.3 is 6.03 Å². The van der Waals surface area contributed by atoms with E-state index in [2.05, 4.69) is 10.6 Å². The third-order valence-electron chi connectivity index (χ3n) is 3.87. The predicted molar refractivity (Wildman–Crippen MR) is 97.5 cm³/mol. The summed E-state index contributed by atoms with van der Waals surface area (Å²) in [4.78, 5) is 12.2. The minimum atomic E-state index is -3.68. The summed E-state index contributed by atoms with van der Waals surface area (Å²) in [6.45, 7) is 4.31. The Morgan fingerprint density at radius 1 is 1.04 bits per heavy atom. The van der Waals surface area contributed by atoms with Crippen molar-refractivity contribution in [1.29, 1.82) is 0 Å². The van der Waals surface area contributed by atoms with Gasteiger partial charge in [-0.15, -0.1) is 0 Å². The number of urea groups is 1. The third kappa shape index (κ3) is 5.58. The van der Waals surface area contributed by atoms with Crippen LogP contribution in [0.25, 0.3) is 0 Å². The maximum Gasteiger partial charge on any atom is 0.315 e. The zero-order chi connectivity index (χ0) is 18.5. The molecule has 25 heavy (non-hydrogen) atoms. The van der Waals surface area contributed by atoms with Crippen molar-refractivity contribution in [2.24, 2.45) is 5.14 Å². The highest BCUT2D eigenvalue weighted by Crippen LogP contribution is 2.19. The Balaban J connectivity index is 1.84. The highest BCUT2D eigenvalue weighted by Gasteiger charge is 2.22. The third-order valence-corrected chi connectivity index (χ3v) is 4.80. The number of carbonyl (C=O) groups excluding carboxylic acids is 1. The second-order valence-electron chi connectivity index (χ2n) is 6.31. The van der Waals surface area contributed by atoms with Gasteiger partial charge in [-0.2, -0.15) is 0 Å². The van der Waals surface area contributed by atoms with Crippen LogP contribution in [0.1, 0.15) is 25.0 Å². The van der Waals surface area contributed by atoms with Gasteiger partial charge in [-0.05, 0) is 43.5 Å². The first-order chi connectivity index (χ1) is 11.7. The monoisotopic (exact) mass is 361 g/mol. The molecule has 0 spiro atoms. The molecule has 0 saturated carbocycles. The van der Waals surface area contributed by atoms with Gasteiger partial charge in [-0.3, -0.25) is 0 Å². The maximum absolute atomic E-state index is 12.1. The first-order valence-corrected chi connectivity index (χ1v) is 9.46. The van der Waals surface area contributed by atoms with Crippen LogP contribution in [0.2, 0.25) is 0 Å². The highest BCUT2D eigenvalue weighted by molar-refractivity contribution is 7.89. The molecule has 7 heteroatoms. The minimum absolute atomic E-state index is 0.0755. The second-order valence-corrected chi connectivity index (χ2v) is 7.87. The molecule has 0 radical (unpaired) electrons. The highest BCUT2D eigenvalue weighted by atomic mass is 32.2. The van der Waals surface area contributed by atoms with Gasteiger partial charge in [-0.1, -0.05) is 42.5 Å². The average molecular weight is 361 g/mol. The van der Waals surface area contributed by atoms with Crippen LogP contribution in [0.15, 0.2) is 59.5 Å². The Kier molecular flexibility index (Phi) is 5.81. The van der Waals surface area contributed by atoms with E-state index in [9.17, 15) is 13.2 Å². The molecule has 2 aromatic rings.